The number of amides is 1. The topological polar surface area (TPSA) is 55.6 Å². The number of rotatable bonds is 5. The maximum absolute atomic E-state index is 11.0. The highest BCUT2D eigenvalue weighted by Gasteiger charge is 2.27. The third-order valence-electron chi connectivity index (χ3n) is 2.49. The summed E-state index contributed by atoms with van der Waals surface area (Å²) in [4.78, 5) is 13.1. The summed E-state index contributed by atoms with van der Waals surface area (Å²) in [5, 5.41) is 0. The average molecular weight is 186 g/mol. The van der Waals surface area contributed by atoms with E-state index in [1.807, 2.05) is 0 Å². The number of nitrogens with two attached hydrogens (primary N) is 1. The van der Waals surface area contributed by atoms with Gasteiger partial charge in [-0.2, -0.15) is 0 Å². The molecule has 0 aliphatic carbocycles. The molecule has 1 atom stereocenters. The molecular formula is C9H18N2O2. The van der Waals surface area contributed by atoms with E-state index in [2.05, 4.69) is 4.90 Å². The fourth-order valence-corrected chi connectivity index (χ4v) is 1.83. The molecule has 0 bridgehead atoms. The molecule has 0 aromatic heterocycles. The van der Waals surface area contributed by atoms with Crippen LogP contribution in [-0.4, -0.2) is 43.7 Å². The van der Waals surface area contributed by atoms with E-state index in [9.17, 15) is 4.79 Å². The van der Waals surface area contributed by atoms with E-state index >= 15 is 0 Å². The van der Waals surface area contributed by atoms with Crippen LogP contribution in [0.5, 0.6) is 0 Å². The lowest BCUT2D eigenvalue weighted by Gasteiger charge is -2.21. The van der Waals surface area contributed by atoms with Crippen molar-refractivity contribution in [1.82, 2.24) is 4.90 Å². The molecular weight excluding hydrogens is 168 g/mol. The van der Waals surface area contributed by atoms with Crippen LogP contribution in [0, 0.1) is 0 Å². The second-order valence-electron chi connectivity index (χ2n) is 3.44. The smallest absolute Gasteiger partial charge is 0.234 e. The van der Waals surface area contributed by atoms with Crippen LogP contribution >= 0.6 is 0 Å². The minimum absolute atomic E-state index is 0.0307. The molecule has 1 rings (SSSR count). The fourth-order valence-electron chi connectivity index (χ4n) is 1.83. The van der Waals surface area contributed by atoms with Crippen molar-refractivity contribution in [3.8, 4) is 0 Å². The second kappa shape index (κ2) is 5.19. The summed E-state index contributed by atoms with van der Waals surface area (Å²) >= 11 is 0. The normalized spacial score (nSPS) is 23.6. The van der Waals surface area contributed by atoms with Gasteiger partial charge >= 0.3 is 0 Å². The summed E-state index contributed by atoms with van der Waals surface area (Å²) in [5.41, 5.74) is 5.28. The molecule has 0 aromatic rings. The van der Waals surface area contributed by atoms with Crippen molar-refractivity contribution in [2.24, 2.45) is 5.73 Å². The van der Waals surface area contributed by atoms with Crippen LogP contribution in [0.15, 0.2) is 0 Å². The van der Waals surface area contributed by atoms with Crippen LogP contribution in [0.4, 0.5) is 0 Å². The van der Waals surface area contributed by atoms with Crippen molar-refractivity contribution in [1.29, 1.82) is 0 Å². The summed E-state index contributed by atoms with van der Waals surface area (Å²) in [7, 11) is 1.69. The molecule has 0 radical (unpaired) electrons. The minimum Gasteiger partial charge on any atom is -0.385 e. The molecule has 1 aliphatic heterocycles. The lowest BCUT2D eigenvalue weighted by atomic mass is 10.2. The molecule has 2 N–H and O–H groups in total. The molecule has 4 heteroatoms. The van der Waals surface area contributed by atoms with Gasteiger partial charge in [0.25, 0.3) is 0 Å². The standard InChI is InChI=1S/C9H18N2O2/c1-13-7-3-6-11-5-2-4-8(11)9(10)12/h8H,2-7H2,1H3,(H2,10,12). The Hall–Kier alpha value is -0.610. The maximum Gasteiger partial charge on any atom is 0.234 e. The van der Waals surface area contributed by atoms with E-state index in [1.54, 1.807) is 7.11 Å². The number of hydrogen-bond donors (Lipinski definition) is 1. The highest BCUT2D eigenvalue weighted by atomic mass is 16.5. The number of primary amides is 1. The highest BCUT2D eigenvalue weighted by Crippen LogP contribution is 2.16. The van der Waals surface area contributed by atoms with Crippen LogP contribution in [0.3, 0.4) is 0 Å². The molecule has 1 saturated heterocycles. The van der Waals surface area contributed by atoms with Crippen molar-refractivity contribution in [2.75, 3.05) is 26.8 Å². The monoisotopic (exact) mass is 186 g/mol. The Morgan fingerprint density at radius 2 is 2.46 bits per heavy atom. The first-order valence-electron chi connectivity index (χ1n) is 4.78. The third-order valence-corrected chi connectivity index (χ3v) is 2.49. The van der Waals surface area contributed by atoms with Gasteiger partial charge in [0.2, 0.25) is 5.91 Å². The zero-order valence-corrected chi connectivity index (χ0v) is 8.16. The zero-order chi connectivity index (χ0) is 9.68. The Labute approximate surface area is 79.0 Å². The Morgan fingerprint density at radius 1 is 1.69 bits per heavy atom. The van der Waals surface area contributed by atoms with E-state index in [1.165, 1.54) is 0 Å². The van der Waals surface area contributed by atoms with E-state index in [4.69, 9.17) is 10.5 Å². The Bertz CT molecular complexity index is 173. The Morgan fingerprint density at radius 3 is 3.08 bits per heavy atom. The van der Waals surface area contributed by atoms with Crippen molar-refractivity contribution < 1.29 is 9.53 Å². The van der Waals surface area contributed by atoms with Crippen LogP contribution in [-0.2, 0) is 9.53 Å². The van der Waals surface area contributed by atoms with Gasteiger partial charge in [-0.3, -0.25) is 9.69 Å². The number of nitrogens with zero attached hydrogens (tertiary/aromatic N) is 1. The number of hydrogen-bond acceptors (Lipinski definition) is 3. The van der Waals surface area contributed by atoms with E-state index in [0.717, 1.165) is 39.0 Å². The van der Waals surface area contributed by atoms with Gasteiger partial charge in [-0.25, -0.2) is 0 Å². The number of ether oxygens (including phenoxy) is 1. The Balaban J connectivity index is 2.27. The summed E-state index contributed by atoms with van der Waals surface area (Å²) in [5.74, 6) is -0.185. The van der Waals surface area contributed by atoms with Gasteiger partial charge in [-0.1, -0.05) is 0 Å². The summed E-state index contributed by atoms with van der Waals surface area (Å²) in [6.45, 7) is 2.67. The largest absolute Gasteiger partial charge is 0.385 e. The fraction of sp³-hybridized carbons (Fsp3) is 0.889. The molecule has 1 heterocycles. The molecule has 0 spiro atoms. The lowest BCUT2D eigenvalue weighted by Crippen LogP contribution is -2.40. The van der Waals surface area contributed by atoms with Crippen molar-refractivity contribution >= 4 is 5.91 Å². The summed E-state index contributed by atoms with van der Waals surface area (Å²) < 4.78 is 4.95. The molecule has 13 heavy (non-hydrogen) atoms. The van der Waals surface area contributed by atoms with Gasteiger partial charge in [0.15, 0.2) is 0 Å². The van der Waals surface area contributed by atoms with Gasteiger partial charge in [0, 0.05) is 20.3 Å². The van der Waals surface area contributed by atoms with Crippen LogP contribution in [0.1, 0.15) is 19.3 Å². The lowest BCUT2D eigenvalue weighted by molar-refractivity contribution is -0.122. The first kappa shape index (κ1) is 10.5. The minimum atomic E-state index is -0.185. The second-order valence-corrected chi connectivity index (χ2v) is 3.44. The molecule has 1 aliphatic rings. The Kier molecular flexibility index (Phi) is 4.18. The molecule has 0 saturated carbocycles. The molecule has 1 fully saturated rings. The van der Waals surface area contributed by atoms with Crippen molar-refractivity contribution in [3.05, 3.63) is 0 Å². The van der Waals surface area contributed by atoms with Crippen LogP contribution in [0.2, 0.25) is 0 Å². The first-order chi connectivity index (χ1) is 6.25. The first-order valence-corrected chi connectivity index (χ1v) is 4.78. The van der Waals surface area contributed by atoms with E-state index in [-0.39, 0.29) is 11.9 Å². The maximum atomic E-state index is 11.0. The number of carbonyl (C=O) groups excluding carboxylic acids is 1. The van der Waals surface area contributed by atoms with Gasteiger partial charge in [0.05, 0.1) is 6.04 Å². The van der Waals surface area contributed by atoms with Gasteiger partial charge in [-0.15, -0.1) is 0 Å². The number of methoxy groups -OCH3 is 1. The number of likely N-dealkylation sites (tertiary alicyclic amines) is 1. The molecule has 0 aromatic carbocycles. The molecule has 76 valence electrons. The predicted molar refractivity (Wildman–Crippen MR) is 50.3 cm³/mol. The molecule has 4 nitrogen and oxygen atoms in total. The van der Waals surface area contributed by atoms with Gasteiger partial charge in [-0.05, 0) is 25.8 Å². The van der Waals surface area contributed by atoms with Gasteiger partial charge < -0.3 is 10.5 Å². The summed E-state index contributed by atoms with van der Waals surface area (Å²) in [6, 6.07) is -0.0307. The quantitative estimate of drug-likeness (QED) is 0.614. The SMILES string of the molecule is COCCCN1CCCC1C(N)=O. The highest BCUT2D eigenvalue weighted by molar-refractivity contribution is 5.80. The summed E-state index contributed by atoms with van der Waals surface area (Å²) in [6.07, 6.45) is 2.98. The van der Waals surface area contributed by atoms with Crippen molar-refractivity contribution in [2.45, 2.75) is 25.3 Å². The third kappa shape index (κ3) is 2.97. The number of carbonyl (C=O) groups is 1. The van der Waals surface area contributed by atoms with E-state index in [0.29, 0.717) is 0 Å². The van der Waals surface area contributed by atoms with Crippen LogP contribution in [0.25, 0.3) is 0 Å². The van der Waals surface area contributed by atoms with Gasteiger partial charge in [0.1, 0.15) is 0 Å². The predicted octanol–water partition coefficient (Wildman–Crippen LogP) is -0.0274. The zero-order valence-electron chi connectivity index (χ0n) is 8.16. The van der Waals surface area contributed by atoms with Crippen molar-refractivity contribution in [3.63, 3.8) is 0 Å². The van der Waals surface area contributed by atoms with Crippen LogP contribution < -0.4 is 5.73 Å². The van der Waals surface area contributed by atoms with E-state index < -0.39 is 0 Å². The average Bonchev–Trinajstić information content (AvgIpc) is 2.53. The molecule has 1 amide bonds. The molecule has 1 unspecified atom stereocenters.